The Balaban J connectivity index is 1.51. The van der Waals surface area contributed by atoms with Crippen LogP contribution in [-0.2, 0) is 4.79 Å². The van der Waals surface area contributed by atoms with E-state index in [0.29, 0.717) is 22.5 Å². The third-order valence-electron chi connectivity index (χ3n) is 4.27. The maximum absolute atomic E-state index is 12.6. The smallest absolute Gasteiger partial charge is 0.280 e. The number of carbonyl (C=O) groups excluding carboxylic acids is 1. The van der Waals surface area contributed by atoms with Crippen LogP contribution in [0.3, 0.4) is 0 Å². The molecule has 1 heterocycles. The molecule has 0 bridgehead atoms. The summed E-state index contributed by atoms with van der Waals surface area (Å²) in [6, 6.07) is 20.5. The van der Waals surface area contributed by atoms with Gasteiger partial charge >= 0.3 is 0 Å². The number of carbonyl (C=O) groups is 1. The van der Waals surface area contributed by atoms with Crippen LogP contribution in [0, 0.1) is 6.92 Å². The van der Waals surface area contributed by atoms with Crippen molar-refractivity contribution in [3.63, 3.8) is 0 Å². The molecule has 1 N–H and O–H groups in total. The van der Waals surface area contributed by atoms with E-state index in [1.54, 1.807) is 25.1 Å². The highest BCUT2D eigenvalue weighted by atomic mass is 16.5. The Hall–Kier alpha value is -3.67. The average Bonchev–Trinajstić information content (AvgIpc) is 2.69. The minimum absolute atomic E-state index is 0.211. The molecule has 0 atom stereocenters. The first-order valence-electron chi connectivity index (χ1n) is 8.52. The Morgan fingerprint density at radius 2 is 1.78 bits per heavy atom. The lowest BCUT2D eigenvalue weighted by Crippen LogP contribution is -2.37. The van der Waals surface area contributed by atoms with E-state index in [2.05, 4.69) is 10.4 Å². The molecule has 134 valence electrons. The van der Waals surface area contributed by atoms with Gasteiger partial charge in [0.25, 0.3) is 11.5 Å². The van der Waals surface area contributed by atoms with Gasteiger partial charge < -0.3 is 4.74 Å². The number of amides is 1. The summed E-state index contributed by atoms with van der Waals surface area (Å²) >= 11 is 0. The second kappa shape index (κ2) is 6.92. The van der Waals surface area contributed by atoms with Gasteiger partial charge in [0.05, 0.1) is 10.9 Å². The molecular formula is C21H17N3O3. The van der Waals surface area contributed by atoms with Crippen LogP contribution in [0.2, 0.25) is 0 Å². The highest BCUT2D eigenvalue weighted by molar-refractivity contribution is 5.86. The van der Waals surface area contributed by atoms with Crippen LogP contribution in [-0.4, -0.2) is 22.2 Å². The van der Waals surface area contributed by atoms with Crippen molar-refractivity contribution in [3.8, 4) is 5.75 Å². The van der Waals surface area contributed by atoms with E-state index in [0.717, 1.165) is 15.4 Å². The highest BCUT2D eigenvalue weighted by Gasteiger charge is 2.11. The first-order chi connectivity index (χ1) is 13.1. The summed E-state index contributed by atoms with van der Waals surface area (Å²) in [6.45, 7) is 1.45. The Labute approximate surface area is 155 Å². The van der Waals surface area contributed by atoms with Crippen LogP contribution < -0.4 is 15.7 Å². The fourth-order valence-corrected chi connectivity index (χ4v) is 2.94. The molecule has 4 aromatic rings. The molecule has 0 unspecified atom stereocenters. The quantitative estimate of drug-likeness (QED) is 0.608. The van der Waals surface area contributed by atoms with Gasteiger partial charge in [0.15, 0.2) is 6.61 Å². The van der Waals surface area contributed by atoms with Crippen molar-refractivity contribution < 1.29 is 9.53 Å². The molecule has 0 radical (unpaired) electrons. The minimum atomic E-state index is -0.439. The summed E-state index contributed by atoms with van der Waals surface area (Å²) < 4.78 is 6.71. The second-order valence-corrected chi connectivity index (χ2v) is 6.15. The molecule has 0 saturated carbocycles. The summed E-state index contributed by atoms with van der Waals surface area (Å²) in [5, 5.41) is 2.57. The average molecular weight is 359 g/mol. The fourth-order valence-electron chi connectivity index (χ4n) is 2.94. The van der Waals surface area contributed by atoms with E-state index < -0.39 is 5.91 Å². The van der Waals surface area contributed by atoms with Crippen molar-refractivity contribution in [2.75, 3.05) is 12.0 Å². The molecule has 0 aliphatic heterocycles. The van der Waals surface area contributed by atoms with Gasteiger partial charge in [-0.15, -0.1) is 0 Å². The molecule has 0 saturated heterocycles. The number of rotatable bonds is 4. The maximum atomic E-state index is 12.6. The molecule has 0 aliphatic rings. The Kier molecular flexibility index (Phi) is 4.30. The Bertz CT molecular complexity index is 1210. The number of hydrogen-bond donors (Lipinski definition) is 1. The van der Waals surface area contributed by atoms with Gasteiger partial charge in [-0.3, -0.25) is 15.0 Å². The third-order valence-corrected chi connectivity index (χ3v) is 4.27. The van der Waals surface area contributed by atoms with Crippen LogP contribution in [0.1, 0.15) is 5.82 Å². The molecular weight excluding hydrogens is 342 g/mol. The molecule has 27 heavy (non-hydrogen) atoms. The van der Waals surface area contributed by atoms with Crippen LogP contribution in [0.25, 0.3) is 21.7 Å². The van der Waals surface area contributed by atoms with Gasteiger partial charge in [-0.25, -0.2) is 9.66 Å². The molecule has 3 aromatic carbocycles. The topological polar surface area (TPSA) is 73.2 Å². The summed E-state index contributed by atoms with van der Waals surface area (Å²) in [4.78, 5) is 29.2. The van der Waals surface area contributed by atoms with Gasteiger partial charge in [0.1, 0.15) is 11.6 Å². The van der Waals surface area contributed by atoms with Gasteiger partial charge in [0, 0.05) is 0 Å². The number of hydrogen-bond acceptors (Lipinski definition) is 4. The highest BCUT2D eigenvalue weighted by Crippen LogP contribution is 2.20. The third kappa shape index (κ3) is 3.37. The summed E-state index contributed by atoms with van der Waals surface area (Å²) in [5.74, 6) is 0.549. The SMILES string of the molecule is Cc1nc2ccccc2c(=O)n1NC(=O)COc1ccc2ccccc2c1. The number of benzene rings is 3. The normalized spacial score (nSPS) is 10.9. The molecule has 0 spiro atoms. The van der Waals surface area contributed by atoms with Gasteiger partial charge in [-0.05, 0) is 42.0 Å². The predicted molar refractivity (Wildman–Crippen MR) is 105 cm³/mol. The lowest BCUT2D eigenvalue weighted by atomic mass is 10.1. The first kappa shape index (κ1) is 16.8. The van der Waals surface area contributed by atoms with Crippen molar-refractivity contribution in [2.24, 2.45) is 0 Å². The second-order valence-electron chi connectivity index (χ2n) is 6.15. The zero-order chi connectivity index (χ0) is 18.8. The van der Waals surface area contributed by atoms with Crippen molar-refractivity contribution in [1.29, 1.82) is 0 Å². The number of nitrogens with zero attached hydrogens (tertiary/aromatic N) is 2. The van der Waals surface area contributed by atoms with Crippen molar-refractivity contribution in [2.45, 2.75) is 6.92 Å². The fraction of sp³-hybridized carbons (Fsp3) is 0.0952. The standard InChI is InChI=1S/C21H17N3O3/c1-14-22-19-9-5-4-8-18(19)21(26)24(14)23-20(25)13-27-17-11-10-15-6-2-3-7-16(15)12-17/h2-12H,13H2,1H3,(H,23,25). The minimum Gasteiger partial charge on any atom is -0.484 e. The van der Waals surface area contributed by atoms with E-state index in [-0.39, 0.29) is 12.2 Å². The van der Waals surface area contributed by atoms with Gasteiger partial charge in [-0.1, -0.05) is 42.5 Å². The van der Waals surface area contributed by atoms with Crippen LogP contribution in [0.15, 0.2) is 71.5 Å². The largest absolute Gasteiger partial charge is 0.484 e. The first-order valence-corrected chi connectivity index (χ1v) is 8.52. The molecule has 0 fully saturated rings. The van der Waals surface area contributed by atoms with Crippen molar-refractivity contribution in [1.82, 2.24) is 9.66 Å². The zero-order valence-corrected chi connectivity index (χ0v) is 14.7. The predicted octanol–water partition coefficient (Wildman–Crippen LogP) is 3.01. The number of ether oxygens (including phenoxy) is 1. The lowest BCUT2D eigenvalue weighted by Gasteiger charge is -2.12. The van der Waals surface area contributed by atoms with Crippen LogP contribution >= 0.6 is 0 Å². The van der Waals surface area contributed by atoms with E-state index in [1.807, 2.05) is 48.5 Å². The van der Waals surface area contributed by atoms with Crippen LogP contribution in [0.4, 0.5) is 0 Å². The maximum Gasteiger partial charge on any atom is 0.280 e. The Morgan fingerprint density at radius 1 is 1.04 bits per heavy atom. The summed E-state index contributed by atoms with van der Waals surface area (Å²) in [7, 11) is 0. The van der Waals surface area contributed by atoms with E-state index >= 15 is 0 Å². The van der Waals surface area contributed by atoms with Crippen molar-refractivity contribution in [3.05, 3.63) is 82.9 Å². The van der Waals surface area contributed by atoms with E-state index in [1.165, 1.54) is 0 Å². The molecule has 1 amide bonds. The monoisotopic (exact) mass is 359 g/mol. The molecule has 6 nitrogen and oxygen atoms in total. The van der Waals surface area contributed by atoms with E-state index in [9.17, 15) is 9.59 Å². The summed E-state index contributed by atoms with van der Waals surface area (Å²) in [5.41, 5.74) is 2.83. The molecule has 6 heteroatoms. The van der Waals surface area contributed by atoms with Crippen molar-refractivity contribution >= 4 is 27.6 Å². The number of para-hydroxylation sites is 1. The van der Waals surface area contributed by atoms with Crippen LogP contribution in [0.5, 0.6) is 5.75 Å². The number of aryl methyl sites for hydroxylation is 1. The number of aromatic nitrogens is 2. The zero-order valence-electron chi connectivity index (χ0n) is 14.7. The van der Waals surface area contributed by atoms with Gasteiger partial charge in [-0.2, -0.15) is 0 Å². The van der Waals surface area contributed by atoms with Gasteiger partial charge in [0.2, 0.25) is 0 Å². The molecule has 4 rings (SSSR count). The Morgan fingerprint density at radius 3 is 2.63 bits per heavy atom. The summed E-state index contributed by atoms with van der Waals surface area (Å²) in [6.07, 6.45) is 0. The molecule has 0 aliphatic carbocycles. The number of fused-ring (bicyclic) bond motifs is 2. The van der Waals surface area contributed by atoms with E-state index in [4.69, 9.17) is 4.74 Å². The number of nitrogens with one attached hydrogen (secondary N) is 1. The molecule has 1 aromatic heterocycles. The lowest BCUT2D eigenvalue weighted by molar-refractivity contribution is -0.119.